The molecule has 230 valence electrons. The molecule has 11 rings (SSSR count). The van der Waals surface area contributed by atoms with E-state index < -0.39 is 0 Å². The summed E-state index contributed by atoms with van der Waals surface area (Å²) in [6, 6.07) is 59.8. The van der Waals surface area contributed by atoms with Crippen LogP contribution in [0.3, 0.4) is 0 Å². The van der Waals surface area contributed by atoms with E-state index >= 15 is 0 Å². The molecule has 0 saturated carbocycles. The van der Waals surface area contributed by atoms with Crippen molar-refractivity contribution in [3.05, 3.63) is 170 Å². The highest BCUT2D eigenvalue weighted by Crippen LogP contribution is 2.45. The lowest BCUT2D eigenvalue weighted by Gasteiger charge is -2.18. The van der Waals surface area contributed by atoms with Crippen molar-refractivity contribution >= 4 is 86.4 Å². The Bertz CT molecular complexity index is 3210. The zero-order chi connectivity index (χ0) is 32.8. The lowest BCUT2D eigenvalue weighted by atomic mass is 9.85. The molecule has 0 atom stereocenters. The minimum Gasteiger partial charge on any atom is -0.254 e. The second-order valence-electron chi connectivity index (χ2n) is 13.3. The summed E-state index contributed by atoms with van der Waals surface area (Å²) in [5.41, 5.74) is 6.39. The maximum atomic E-state index is 5.24. The van der Waals surface area contributed by atoms with Crippen molar-refractivity contribution in [2.75, 3.05) is 0 Å². The largest absolute Gasteiger partial charge is 0.254 e. The normalized spacial score (nSPS) is 12.0. The smallest absolute Gasteiger partial charge is 0.0972 e. The average molecular weight is 633 g/mol. The van der Waals surface area contributed by atoms with Crippen molar-refractivity contribution in [1.29, 1.82) is 0 Å². The molecule has 0 spiro atoms. The minimum atomic E-state index is 0.931. The Morgan fingerprint density at radius 3 is 1.56 bits per heavy atom. The summed E-state index contributed by atoms with van der Waals surface area (Å²) in [5, 5.41) is 17.3. The van der Waals surface area contributed by atoms with E-state index in [0.717, 1.165) is 33.1 Å². The van der Waals surface area contributed by atoms with Gasteiger partial charge in [0.2, 0.25) is 0 Å². The molecular formula is C48H28N2. The molecule has 0 unspecified atom stereocenters. The van der Waals surface area contributed by atoms with Gasteiger partial charge in [-0.15, -0.1) is 0 Å². The van der Waals surface area contributed by atoms with Gasteiger partial charge < -0.3 is 0 Å². The van der Waals surface area contributed by atoms with Crippen LogP contribution in [0.15, 0.2) is 170 Å². The van der Waals surface area contributed by atoms with Crippen molar-refractivity contribution in [2.24, 2.45) is 0 Å². The van der Waals surface area contributed by atoms with Gasteiger partial charge in [-0.05, 0) is 94.0 Å². The fourth-order valence-corrected chi connectivity index (χ4v) is 8.46. The van der Waals surface area contributed by atoms with Gasteiger partial charge in [-0.2, -0.15) is 0 Å². The predicted octanol–water partition coefficient (Wildman–Crippen LogP) is 13.0. The summed E-state index contributed by atoms with van der Waals surface area (Å²) in [6.07, 6.45) is 1.85. The number of rotatable bonds is 2. The van der Waals surface area contributed by atoms with Gasteiger partial charge in [0.25, 0.3) is 0 Å². The zero-order valence-electron chi connectivity index (χ0n) is 27.1. The highest BCUT2D eigenvalue weighted by atomic mass is 14.8. The molecule has 2 aromatic heterocycles. The molecule has 0 radical (unpaired) electrons. The lowest BCUT2D eigenvalue weighted by molar-refractivity contribution is 1.37. The Morgan fingerprint density at radius 2 is 0.820 bits per heavy atom. The Morgan fingerprint density at radius 1 is 0.300 bits per heavy atom. The van der Waals surface area contributed by atoms with Gasteiger partial charge in [0.05, 0.1) is 16.7 Å². The van der Waals surface area contributed by atoms with E-state index in [4.69, 9.17) is 9.97 Å². The minimum absolute atomic E-state index is 0.931. The van der Waals surface area contributed by atoms with Crippen molar-refractivity contribution < 1.29 is 0 Å². The molecule has 0 saturated heterocycles. The highest BCUT2D eigenvalue weighted by molar-refractivity contribution is 6.34. The molecule has 9 aromatic carbocycles. The van der Waals surface area contributed by atoms with Crippen LogP contribution < -0.4 is 0 Å². The zero-order valence-corrected chi connectivity index (χ0v) is 27.1. The van der Waals surface area contributed by atoms with Crippen molar-refractivity contribution in [3.8, 4) is 22.4 Å². The quantitative estimate of drug-likeness (QED) is 0.177. The van der Waals surface area contributed by atoms with Crippen LogP contribution in [-0.4, -0.2) is 9.97 Å². The highest BCUT2D eigenvalue weighted by Gasteiger charge is 2.18. The Labute approximate surface area is 287 Å². The lowest BCUT2D eigenvalue weighted by Crippen LogP contribution is -1.92. The van der Waals surface area contributed by atoms with E-state index in [1.54, 1.807) is 0 Å². The van der Waals surface area contributed by atoms with Gasteiger partial charge in [-0.1, -0.05) is 146 Å². The molecule has 2 heteroatoms. The number of fused-ring (bicyclic) bond motifs is 9. The number of hydrogen-bond donors (Lipinski definition) is 0. The summed E-state index contributed by atoms with van der Waals surface area (Å²) in [4.78, 5) is 9.95. The van der Waals surface area contributed by atoms with Crippen molar-refractivity contribution in [3.63, 3.8) is 0 Å². The number of hydrogen-bond acceptors (Lipinski definition) is 2. The van der Waals surface area contributed by atoms with Crippen LogP contribution in [0.2, 0.25) is 0 Å². The summed E-state index contributed by atoms with van der Waals surface area (Å²) in [6.45, 7) is 0. The topological polar surface area (TPSA) is 25.8 Å². The number of benzene rings is 8. The second-order valence-corrected chi connectivity index (χ2v) is 13.3. The van der Waals surface area contributed by atoms with Gasteiger partial charge >= 0.3 is 0 Å². The fourth-order valence-electron chi connectivity index (χ4n) is 8.46. The first-order valence-electron chi connectivity index (χ1n) is 17.2. The van der Waals surface area contributed by atoms with Gasteiger partial charge in [0.1, 0.15) is 0 Å². The van der Waals surface area contributed by atoms with Gasteiger partial charge in [-0.3, -0.25) is 4.98 Å². The SMILES string of the molecule is c1cnc2c(c1)ccc1ccc(-c3ccc(-c4cc5cccc6c7ccccc7c7ccccc7c7cccc4c7c56)c4ccccc34)nc12. The van der Waals surface area contributed by atoms with Crippen LogP contribution in [0.5, 0.6) is 0 Å². The van der Waals surface area contributed by atoms with Gasteiger partial charge in [-0.25, -0.2) is 4.98 Å². The van der Waals surface area contributed by atoms with Crippen LogP contribution in [0, 0.1) is 0 Å². The predicted molar refractivity (Wildman–Crippen MR) is 213 cm³/mol. The van der Waals surface area contributed by atoms with E-state index in [9.17, 15) is 0 Å². The van der Waals surface area contributed by atoms with Crippen LogP contribution in [-0.2, 0) is 0 Å². The Kier molecular flexibility index (Phi) is 5.70. The maximum absolute atomic E-state index is 5.24. The van der Waals surface area contributed by atoms with E-state index in [-0.39, 0.29) is 0 Å². The van der Waals surface area contributed by atoms with E-state index in [2.05, 4.69) is 158 Å². The van der Waals surface area contributed by atoms with E-state index in [1.807, 2.05) is 12.3 Å². The van der Waals surface area contributed by atoms with Crippen molar-refractivity contribution in [2.45, 2.75) is 0 Å². The standard InChI is InChI=1S/C48H28N2/c1-4-15-35-34(14-1)38(24-25-39(35)44-26-23-30-22-21-29-11-9-27-49-47(29)48(30)50-44)43-28-31-10-7-18-40-36-16-5-2-12-32(36)33-13-3-6-17-37(33)41-19-8-20-42(43)46(41)45(31)40/h1-28H. The van der Waals surface area contributed by atoms with Gasteiger partial charge in [0.15, 0.2) is 0 Å². The Hall–Kier alpha value is -6.64. The average Bonchev–Trinajstić information content (AvgIpc) is 3.19. The number of aromatic nitrogens is 2. The van der Waals surface area contributed by atoms with Gasteiger partial charge in [0, 0.05) is 22.5 Å². The van der Waals surface area contributed by atoms with Crippen LogP contribution in [0.4, 0.5) is 0 Å². The molecule has 0 aliphatic heterocycles. The molecule has 0 amide bonds. The molecule has 2 nitrogen and oxygen atoms in total. The van der Waals surface area contributed by atoms with Crippen LogP contribution >= 0.6 is 0 Å². The maximum Gasteiger partial charge on any atom is 0.0972 e. The molecule has 50 heavy (non-hydrogen) atoms. The molecule has 0 aliphatic rings. The third-order valence-electron chi connectivity index (χ3n) is 10.6. The molecule has 0 N–H and O–H groups in total. The number of pyridine rings is 2. The molecule has 0 fully saturated rings. The molecular weight excluding hydrogens is 605 g/mol. The molecule has 11 aromatic rings. The third kappa shape index (κ3) is 3.85. The summed E-state index contributed by atoms with van der Waals surface area (Å²) < 4.78 is 0. The molecule has 2 heterocycles. The second kappa shape index (κ2) is 10.4. The first kappa shape index (κ1) is 27.3. The summed E-state index contributed by atoms with van der Waals surface area (Å²) in [7, 11) is 0. The third-order valence-corrected chi connectivity index (χ3v) is 10.6. The first-order valence-corrected chi connectivity index (χ1v) is 17.2. The summed E-state index contributed by atoms with van der Waals surface area (Å²) in [5.74, 6) is 0. The fraction of sp³-hybridized carbons (Fsp3) is 0. The molecule has 0 aliphatic carbocycles. The van der Waals surface area contributed by atoms with Crippen LogP contribution in [0.1, 0.15) is 0 Å². The number of nitrogens with zero attached hydrogens (tertiary/aromatic N) is 2. The summed E-state index contributed by atoms with van der Waals surface area (Å²) >= 11 is 0. The van der Waals surface area contributed by atoms with E-state index in [0.29, 0.717) is 0 Å². The molecule has 0 bridgehead atoms. The first-order chi connectivity index (χ1) is 24.8. The monoisotopic (exact) mass is 632 g/mol. The van der Waals surface area contributed by atoms with E-state index in [1.165, 1.54) is 75.8 Å². The Balaban J connectivity index is 1.24. The van der Waals surface area contributed by atoms with Crippen molar-refractivity contribution in [1.82, 2.24) is 9.97 Å². The van der Waals surface area contributed by atoms with Crippen LogP contribution in [0.25, 0.3) is 109 Å².